The molecule has 1 fully saturated rings. The van der Waals surface area contributed by atoms with Crippen molar-refractivity contribution in [2.45, 2.75) is 25.3 Å². The van der Waals surface area contributed by atoms with Gasteiger partial charge in [0.1, 0.15) is 0 Å². The number of Topliss-reactive ketones (excluding diaryl/α,β-unsaturated/α-hetero) is 1. The Kier molecular flexibility index (Phi) is 2.81. The minimum absolute atomic E-state index is 0.496. The van der Waals surface area contributed by atoms with E-state index in [1.807, 2.05) is 0 Å². The van der Waals surface area contributed by atoms with Crippen LogP contribution in [-0.4, -0.2) is 24.8 Å². The van der Waals surface area contributed by atoms with Crippen molar-refractivity contribution in [1.82, 2.24) is 5.32 Å². The second kappa shape index (κ2) is 3.67. The highest BCUT2D eigenvalue weighted by Gasteiger charge is 2.29. The lowest BCUT2D eigenvalue weighted by Gasteiger charge is -2.07. The summed E-state index contributed by atoms with van der Waals surface area (Å²) in [5.41, 5.74) is 5.52. The second-order valence-electron chi connectivity index (χ2n) is 3.23. The van der Waals surface area contributed by atoms with Gasteiger partial charge in [0, 0.05) is 7.05 Å². The molecule has 68 valence electrons. The minimum atomic E-state index is -0.600. The van der Waals surface area contributed by atoms with E-state index in [0.717, 1.165) is 12.8 Å². The summed E-state index contributed by atoms with van der Waals surface area (Å²) >= 11 is 0. The van der Waals surface area contributed by atoms with Crippen LogP contribution in [0.5, 0.6) is 0 Å². The molecule has 12 heavy (non-hydrogen) atoms. The predicted molar refractivity (Wildman–Crippen MR) is 44.4 cm³/mol. The Bertz CT molecular complexity index is 199. The van der Waals surface area contributed by atoms with Crippen molar-refractivity contribution >= 4 is 11.7 Å². The lowest BCUT2D eigenvalue weighted by molar-refractivity contribution is -0.138. The maximum atomic E-state index is 11.1. The second-order valence-corrected chi connectivity index (χ2v) is 3.23. The summed E-state index contributed by atoms with van der Waals surface area (Å²) in [5, 5.41) is 2.27. The Morgan fingerprint density at radius 3 is 2.58 bits per heavy atom. The molecule has 1 rings (SSSR count). The first-order valence-corrected chi connectivity index (χ1v) is 4.16. The topological polar surface area (TPSA) is 72.2 Å². The molecule has 0 aromatic heterocycles. The summed E-state index contributed by atoms with van der Waals surface area (Å²) in [6.45, 7) is 0. The first kappa shape index (κ1) is 9.19. The van der Waals surface area contributed by atoms with Gasteiger partial charge in [-0.15, -0.1) is 0 Å². The zero-order valence-electron chi connectivity index (χ0n) is 7.17. The number of nitrogens with one attached hydrogen (secondary N) is 1. The monoisotopic (exact) mass is 170 g/mol. The van der Waals surface area contributed by atoms with E-state index < -0.39 is 17.7 Å². The maximum Gasteiger partial charge on any atom is 0.288 e. The van der Waals surface area contributed by atoms with E-state index in [-0.39, 0.29) is 0 Å². The fourth-order valence-corrected chi connectivity index (χ4v) is 1.11. The van der Waals surface area contributed by atoms with E-state index in [2.05, 4.69) is 5.32 Å². The van der Waals surface area contributed by atoms with Crippen LogP contribution in [0.1, 0.15) is 19.3 Å². The zero-order chi connectivity index (χ0) is 9.14. The summed E-state index contributed by atoms with van der Waals surface area (Å²) in [5.74, 6) is -0.499. The van der Waals surface area contributed by atoms with Gasteiger partial charge in [-0.25, -0.2) is 0 Å². The van der Waals surface area contributed by atoms with Gasteiger partial charge in [-0.3, -0.25) is 9.59 Å². The quantitative estimate of drug-likeness (QED) is 0.555. The molecular weight excluding hydrogens is 156 g/mol. The number of carbonyl (C=O) groups excluding carboxylic acids is 2. The fourth-order valence-electron chi connectivity index (χ4n) is 1.11. The van der Waals surface area contributed by atoms with Crippen molar-refractivity contribution in [2.75, 3.05) is 7.05 Å². The van der Waals surface area contributed by atoms with Gasteiger partial charge in [0.15, 0.2) is 0 Å². The predicted octanol–water partition coefficient (Wildman–Crippen LogP) is -0.571. The number of amides is 1. The van der Waals surface area contributed by atoms with E-state index in [1.54, 1.807) is 0 Å². The van der Waals surface area contributed by atoms with Crippen LogP contribution in [0.2, 0.25) is 0 Å². The molecule has 1 saturated carbocycles. The van der Waals surface area contributed by atoms with Crippen LogP contribution in [0.4, 0.5) is 0 Å². The highest BCUT2D eigenvalue weighted by atomic mass is 16.2. The number of carbonyl (C=O) groups is 2. The molecule has 1 atom stereocenters. The summed E-state index contributed by atoms with van der Waals surface area (Å²) < 4.78 is 0. The van der Waals surface area contributed by atoms with Crippen LogP contribution < -0.4 is 11.1 Å². The lowest BCUT2D eigenvalue weighted by atomic mass is 10.1. The molecule has 0 saturated heterocycles. The van der Waals surface area contributed by atoms with Crippen molar-refractivity contribution in [1.29, 1.82) is 0 Å². The number of hydrogen-bond donors (Lipinski definition) is 2. The van der Waals surface area contributed by atoms with E-state index in [9.17, 15) is 9.59 Å². The van der Waals surface area contributed by atoms with Gasteiger partial charge in [0.05, 0.1) is 6.04 Å². The van der Waals surface area contributed by atoms with Gasteiger partial charge in [0.2, 0.25) is 5.78 Å². The number of hydrogen-bond acceptors (Lipinski definition) is 3. The number of rotatable bonds is 4. The molecule has 0 aliphatic heterocycles. The van der Waals surface area contributed by atoms with Crippen LogP contribution in [0, 0.1) is 5.92 Å². The van der Waals surface area contributed by atoms with E-state index in [4.69, 9.17) is 5.73 Å². The van der Waals surface area contributed by atoms with Crippen molar-refractivity contribution in [3.8, 4) is 0 Å². The highest BCUT2D eigenvalue weighted by Crippen LogP contribution is 2.33. The van der Waals surface area contributed by atoms with Gasteiger partial charge < -0.3 is 11.1 Å². The van der Waals surface area contributed by atoms with Crippen molar-refractivity contribution in [3.63, 3.8) is 0 Å². The summed E-state index contributed by atoms with van der Waals surface area (Å²) in [4.78, 5) is 21.9. The van der Waals surface area contributed by atoms with Gasteiger partial charge in [-0.05, 0) is 12.3 Å². The minimum Gasteiger partial charge on any atom is -0.353 e. The third-order valence-corrected chi connectivity index (χ3v) is 2.07. The molecule has 1 amide bonds. The third-order valence-electron chi connectivity index (χ3n) is 2.07. The Morgan fingerprint density at radius 2 is 2.17 bits per heavy atom. The molecule has 0 aromatic carbocycles. The van der Waals surface area contributed by atoms with E-state index in [1.165, 1.54) is 7.05 Å². The Balaban J connectivity index is 2.33. The SMILES string of the molecule is CNC(=O)C(=O)[C@@H](N)CC1CC1. The van der Waals surface area contributed by atoms with Crippen LogP contribution in [0.25, 0.3) is 0 Å². The van der Waals surface area contributed by atoms with Gasteiger partial charge in [-0.1, -0.05) is 12.8 Å². The zero-order valence-corrected chi connectivity index (χ0v) is 7.17. The molecule has 1 aliphatic carbocycles. The standard InChI is InChI=1S/C8H14N2O2/c1-10-8(12)7(11)6(9)4-5-2-3-5/h5-6H,2-4,9H2,1H3,(H,10,12)/t6-/m0/s1. The highest BCUT2D eigenvalue weighted by molar-refractivity contribution is 6.38. The normalized spacial score (nSPS) is 18.5. The van der Waals surface area contributed by atoms with Crippen LogP contribution in [0.15, 0.2) is 0 Å². The third kappa shape index (κ3) is 2.30. The molecule has 0 aromatic rings. The lowest BCUT2D eigenvalue weighted by Crippen LogP contribution is -2.41. The molecule has 0 unspecified atom stereocenters. The first-order valence-electron chi connectivity index (χ1n) is 4.16. The fraction of sp³-hybridized carbons (Fsp3) is 0.750. The van der Waals surface area contributed by atoms with Gasteiger partial charge >= 0.3 is 0 Å². The number of ketones is 1. The Morgan fingerprint density at radius 1 is 1.58 bits per heavy atom. The smallest absolute Gasteiger partial charge is 0.288 e. The average molecular weight is 170 g/mol. The van der Waals surface area contributed by atoms with E-state index in [0.29, 0.717) is 12.3 Å². The molecule has 1 aliphatic rings. The number of likely N-dealkylation sites (N-methyl/N-ethyl adjacent to an activating group) is 1. The van der Waals surface area contributed by atoms with Crippen LogP contribution >= 0.6 is 0 Å². The molecule has 4 heteroatoms. The van der Waals surface area contributed by atoms with Gasteiger partial charge in [-0.2, -0.15) is 0 Å². The number of nitrogens with two attached hydrogens (primary N) is 1. The van der Waals surface area contributed by atoms with Gasteiger partial charge in [0.25, 0.3) is 5.91 Å². The maximum absolute atomic E-state index is 11.1. The molecule has 4 nitrogen and oxygen atoms in total. The molecule has 0 radical (unpaired) electrons. The van der Waals surface area contributed by atoms with Crippen LogP contribution in [0.3, 0.4) is 0 Å². The summed E-state index contributed by atoms with van der Waals surface area (Å²) in [7, 11) is 1.43. The molecule has 0 bridgehead atoms. The molecule has 3 N–H and O–H groups in total. The van der Waals surface area contributed by atoms with Crippen molar-refractivity contribution < 1.29 is 9.59 Å². The van der Waals surface area contributed by atoms with Crippen LogP contribution in [-0.2, 0) is 9.59 Å². The summed E-state index contributed by atoms with van der Waals surface area (Å²) in [6.07, 6.45) is 2.95. The Hall–Kier alpha value is -0.900. The van der Waals surface area contributed by atoms with Crippen molar-refractivity contribution in [2.24, 2.45) is 11.7 Å². The summed E-state index contributed by atoms with van der Waals surface area (Å²) in [6, 6.07) is -0.600. The largest absolute Gasteiger partial charge is 0.353 e. The Labute approximate surface area is 71.5 Å². The first-order chi connectivity index (χ1) is 5.65. The van der Waals surface area contributed by atoms with Crippen molar-refractivity contribution in [3.05, 3.63) is 0 Å². The molecule has 0 spiro atoms. The van der Waals surface area contributed by atoms with E-state index >= 15 is 0 Å². The molecule has 0 heterocycles. The average Bonchev–Trinajstić information content (AvgIpc) is 2.85. The molecular formula is C8H14N2O2.